The van der Waals surface area contributed by atoms with Crippen LogP contribution in [0.5, 0.6) is 0 Å². The highest BCUT2D eigenvalue weighted by Crippen LogP contribution is 2.36. The largest absolute Gasteiger partial charge is 0.349 e. The van der Waals surface area contributed by atoms with E-state index in [0.717, 1.165) is 38.3 Å². The zero-order valence-electron chi connectivity index (χ0n) is 16.1. The maximum Gasteiger partial charge on any atom is 0.254 e. The number of carbonyl (C=O) groups is 1. The van der Waals surface area contributed by atoms with Crippen LogP contribution in [-0.4, -0.2) is 34.8 Å². The topological polar surface area (TPSA) is 59.0 Å². The van der Waals surface area contributed by atoms with Crippen molar-refractivity contribution in [3.8, 4) is 0 Å². The van der Waals surface area contributed by atoms with E-state index >= 15 is 0 Å². The fourth-order valence-electron chi connectivity index (χ4n) is 4.29. The third kappa shape index (κ3) is 4.84. The van der Waals surface area contributed by atoms with Gasteiger partial charge in [0.25, 0.3) is 5.91 Å². The van der Waals surface area contributed by atoms with Gasteiger partial charge < -0.3 is 10.6 Å². The molecule has 3 atom stereocenters. The standard InChI is InChI=1S/C20H34N4O/c1-20(2,3)16-6-4-7-17(10-9-16)23-19(25)15-12-22-24(14-15)18-8-5-11-21-13-18/h12,14,16-18,21H,4-11,13H2,1-3H3,(H,23,25). The SMILES string of the molecule is CC(C)(C)C1CCCC(NC(=O)c2cnn(C3CCCNC3)c2)CC1. The lowest BCUT2D eigenvalue weighted by Crippen LogP contribution is -2.34. The molecule has 0 spiro atoms. The van der Waals surface area contributed by atoms with Crippen LogP contribution in [0.15, 0.2) is 12.4 Å². The van der Waals surface area contributed by atoms with Crippen molar-refractivity contribution in [2.24, 2.45) is 11.3 Å². The van der Waals surface area contributed by atoms with E-state index in [2.05, 4.69) is 36.5 Å². The van der Waals surface area contributed by atoms with Gasteiger partial charge in [0.2, 0.25) is 0 Å². The van der Waals surface area contributed by atoms with Crippen molar-refractivity contribution < 1.29 is 4.79 Å². The predicted octanol–water partition coefficient (Wildman–Crippen LogP) is 3.53. The Labute approximate surface area is 151 Å². The molecule has 1 saturated heterocycles. The van der Waals surface area contributed by atoms with Gasteiger partial charge in [-0.3, -0.25) is 9.48 Å². The second-order valence-electron chi connectivity index (χ2n) is 8.95. The van der Waals surface area contributed by atoms with Gasteiger partial charge in [0.15, 0.2) is 0 Å². The molecule has 5 nitrogen and oxygen atoms in total. The monoisotopic (exact) mass is 346 g/mol. The summed E-state index contributed by atoms with van der Waals surface area (Å²) in [6.07, 6.45) is 11.8. The molecule has 3 rings (SSSR count). The van der Waals surface area contributed by atoms with Gasteiger partial charge in [0, 0.05) is 18.8 Å². The Morgan fingerprint density at radius 3 is 2.76 bits per heavy atom. The first-order valence-corrected chi connectivity index (χ1v) is 9.99. The predicted molar refractivity (Wildman–Crippen MR) is 101 cm³/mol. The molecule has 2 fully saturated rings. The Balaban J connectivity index is 1.54. The van der Waals surface area contributed by atoms with Gasteiger partial charge in [-0.05, 0) is 56.4 Å². The minimum Gasteiger partial charge on any atom is -0.349 e. The fourth-order valence-corrected chi connectivity index (χ4v) is 4.29. The molecule has 2 aliphatic rings. The van der Waals surface area contributed by atoms with E-state index in [1.54, 1.807) is 6.20 Å². The van der Waals surface area contributed by atoms with Gasteiger partial charge in [-0.25, -0.2) is 0 Å². The Kier molecular flexibility index (Phi) is 5.82. The summed E-state index contributed by atoms with van der Waals surface area (Å²) in [7, 11) is 0. The number of rotatable bonds is 3. The van der Waals surface area contributed by atoms with Crippen LogP contribution in [0, 0.1) is 11.3 Å². The second-order valence-corrected chi connectivity index (χ2v) is 8.95. The molecule has 0 radical (unpaired) electrons. The highest BCUT2D eigenvalue weighted by Gasteiger charge is 2.28. The average molecular weight is 347 g/mol. The molecule has 25 heavy (non-hydrogen) atoms. The first-order chi connectivity index (χ1) is 11.9. The summed E-state index contributed by atoms with van der Waals surface area (Å²) in [5.41, 5.74) is 1.07. The highest BCUT2D eigenvalue weighted by atomic mass is 16.1. The van der Waals surface area contributed by atoms with Gasteiger partial charge in [-0.2, -0.15) is 5.10 Å². The number of amides is 1. The number of nitrogens with zero attached hydrogens (tertiary/aromatic N) is 2. The van der Waals surface area contributed by atoms with Gasteiger partial charge in [0.05, 0.1) is 17.8 Å². The first-order valence-electron chi connectivity index (χ1n) is 9.99. The summed E-state index contributed by atoms with van der Waals surface area (Å²) < 4.78 is 1.96. The quantitative estimate of drug-likeness (QED) is 0.823. The fraction of sp³-hybridized carbons (Fsp3) is 0.800. The molecular weight excluding hydrogens is 312 g/mol. The van der Waals surface area contributed by atoms with Gasteiger partial charge in [-0.1, -0.05) is 27.2 Å². The average Bonchev–Trinajstić information content (AvgIpc) is 2.95. The molecule has 3 unspecified atom stereocenters. The van der Waals surface area contributed by atoms with E-state index < -0.39 is 0 Å². The molecule has 1 aliphatic heterocycles. The molecular formula is C20H34N4O. The molecule has 2 heterocycles. The highest BCUT2D eigenvalue weighted by molar-refractivity contribution is 5.93. The smallest absolute Gasteiger partial charge is 0.254 e. The number of aromatic nitrogens is 2. The van der Waals surface area contributed by atoms with Crippen LogP contribution in [0.2, 0.25) is 0 Å². The first kappa shape index (κ1) is 18.4. The minimum absolute atomic E-state index is 0.0363. The summed E-state index contributed by atoms with van der Waals surface area (Å²) in [6, 6.07) is 0.681. The minimum atomic E-state index is 0.0363. The summed E-state index contributed by atoms with van der Waals surface area (Å²) in [6.45, 7) is 9.04. The number of hydrogen-bond acceptors (Lipinski definition) is 3. The van der Waals surface area contributed by atoms with E-state index in [-0.39, 0.29) is 5.91 Å². The molecule has 1 saturated carbocycles. The van der Waals surface area contributed by atoms with E-state index in [9.17, 15) is 4.79 Å². The lowest BCUT2D eigenvalue weighted by Gasteiger charge is -2.29. The lowest BCUT2D eigenvalue weighted by atomic mass is 9.76. The molecule has 2 N–H and O–H groups in total. The van der Waals surface area contributed by atoms with E-state index in [1.165, 1.54) is 25.7 Å². The van der Waals surface area contributed by atoms with E-state index in [4.69, 9.17) is 0 Å². The summed E-state index contributed by atoms with van der Waals surface area (Å²) in [4.78, 5) is 12.6. The molecule has 1 aliphatic carbocycles. The Bertz CT molecular complexity index is 568. The molecule has 5 heteroatoms. The number of carbonyl (C=O) groups excluding carboxylic acids is 1. The van der Waals surface area contributed by atoms with Crippen molar-refractivity contribution in [1.82, 2.24) is 20.4 Å². The number of piperidine rings is 1. The third-order valence-corrected chi connectivity index (χ3v) is 6.04. The third-order valence-electron chi connectivity index (χ3n) is 6.04. The van der Waals surface area contributed by atoms with Crippen LogP contribution in [0.25, 0.3) is 0 Å². The van der Waals surface area contributed by atoms with Crippen molar-refractivity contribution in [1.29, 1.82) is 0 Å². The molecule has 0 bridgehead atoms. The van der Waals surface area contributed by atoms with Gasteiger partial charge in [0.1, 0.15) is 0 Å². The van der Waals surface area contributed by atoms with Crippen LogP contribution < -0.4 is 10.6 Å². The van der Waals surface area contributed by atoms with Crippen molar-refractivity contribution >= 4 is 5.91 Å². The Morgan fingerprint density at radius 1 is 1.20 bits per heavy atom. The zero-order chi connectivity index (χ0) is 17.9. The van der Waals surface area contributed by atoms with Gasteiger partial charge >= 0.3 is 0 Å². The molecule has 0 aromatic carbocycles. The van der Waals surface area contributed by atoms with Crippen molar-refractivity contribution in [3.05, 3.63) is 18.0 Å². The van der Waals surface area contributed by atoms with Crippen LogP contribution >= 0.6 is 0 Å². The number of hydrogen-bond donors (Lipinski definition) is 2. The van der Waals surface area contributed by atoms with Crippen molar-refractivity contribution in [3.63, 3.8) is 0 Å². The van der Waals surface area contributed by atoms with Crippen molar-refractivity contribution in [2.75, 3.05) is 13.1 Å². The lowest BCUT2D eigenvalue weighted by molar-refractivity contribution is 0.0932. The Hall–Kier alpha value is -1.36. The zero-order valence-corrected chi connectivity index (χ0v) is 16.1. The summed E-state index contributed by atoms with van der Waals surface area (Å²) in [5.74, 6) is 0.796. The normalized spacial score (nSPS) is 28.4. The maximum absolute atomic E-state index is 12.6. The summed E-state index contributed by atoms with van der Waals surface area (Å²) >= 11 is 0. The summed E-state index contributed by atoms with van der Waals surface area (Å²) in [5, 5.41) is 11.1. The number of nitrogens with one attached hydrogen (secondary N) is 2. The van der Waals surface area contributed by atoms with Crippen LogP contribution in [0.4, 0.5) is 0 Å². The maximum atomic E-state index is 12.6. The van der Waals surface area contributed by atoms with Gasteiger partial charge in [-0.15, -0.1) is 0 Å². The van der Waals surface area contributed by atoms with Crippen molar-refractivity contribution in [2.45, 2.75) is 77.8 Å². The van der Waals surface area contributed by atoms with E-state index in [1.807, 2.05) is 10.9 Å². The van der Waals surface area contributed by atoms with Crippen LogP contribution in [0.1, 0.15) is 82.1 Å². The van der Waals surface area contributed by atoms with Crippen LogP contribution in [-0.2, 0) is 0 Å². The second kappa shape index (κ2) is 7.90. The van der Waals surface area contributed by atoms with E-state index in [0.29, 0.717) is 23.1 Å². The van der Waals surface area contributed by atoms with Crippen LogP contribution in [0.3, 0.4) is 0 Å². The Morgan fingerprint density at radius 2 is 2.04 bits per heavy atom. The molecule has 1 amide bonds. The molecule has 1 aromatic rings. The molecule has 1 aromatic heterocycles. The molecule has 140 valence electrons.